The number of benzene rings is 1. The van der Waals surface area contributed by atoms with Gasteiger partial charge in [-0.2, -0.15) is 0 Å². The Morgan fingerprint density at radius 2 is 1.43 bits per heavy atom. The van der Waals surface area contributed by atoms with Gasteiger partial charge in [-0.15, -0.1) is 12.4 Å². The minimum absolute atomic E-state index is 0. The largest absolute Gasteiger partial charge is 0.481 e. The SMILES string of the molecule is CC(=O)O.Cl.O=C(O)c1ccccc1. The van der Waals surface area contributed by atoms with E-state index in [1.165, 1.54) is 0 Å². The summed E-state index contributed by atoms with van der Waals surface area (Å²) in [7, 11) is 0. The van der Waals surface area contributed by atoms with Gasteiger partial charge in [-0.1, -0.05) is 18.2 Å². The Kier molecular flexibility index (Phi) is 8.61. The van der Waals surface area contributed by atoms with Gasteiger partial charge in [-0.05, 0) is 12.1 Å². The molecule has 0 saturated carbocycles. The summed E-state index contributed by atoms with van der Waals surface area (Å²) in [5.41, 5.74) is 0.331. The van der Waals surface area contributed by atoms with Gasteiger partial charge in [0.1, 0.15) is 0 Å². The highest BCUT2D eigenvalue weighted by atomic mass is 35.5. The third kappa shape index (κ3) is 8.55. The summed E-state index contributed by atoms with van der Waals surface area (Å²) in [5.74, 6) is -1.71. The lowest BCUT2D eigenvalue weighted by Gasteiger charge is -1.88. The number of aliphatic carboxylic acids is 1. The van der Waals surface area contributed by atoms with Crippen LogP contribution < -0.4 is 0 Å². The van der Waals surface area contributed by atoms with Crippen LogP contribution in [0.3, 0.4) is 0 Å². The van der Waals surface area contributed by atoms with Crippen LogP contribution in [0.15, 0.2) is 30.3 Å². The quantitative estimate of drug-likeness (QED) is 0.755. The number of aromatic carboxylic acids is 1. The van der Waals surface area contributed by atoms with Crippen molar-refractivity contribution in [3.63, 3.8) is 0 Å². The van der Waals surface area contributed by atoms with Crippen LogP contribution in [0.25, 0.3) is 0 Å². The number of carboxylic acid groups (broad SMARTS) is 2. The van der Waals surface area contributed by atoms with Gasteiger partial charge in [0.05, 0.1) is 5.56 Å². The summed E-state index contributed by atoms with van der Waals surface area (Å²) in [6.07, 6.45) is 0. The van der Waals surface area contributed by atoms with Crippen LogP contribution in [0.2, 0.25) is 0 Å². The van der Waals surface area contributed by atoms with Gasteiger partial charge in [-0.25, -0.2) is 4.79 Å². The van der Waals surface area contributed by atoms with Crippen molar-refractivity contribution in [2.75, 3.05) is 0 Å². The molecule has 1 aromatic carbocycles. The second-order valence-corrected chi connectivity index (χ2v) is 2.19. The minimum atomic E-state index is -0.879. The predicted molar refractivity (Wildman–Crippen MR) is 54.0 cm³/mol. The molecule has 4 nitrogen and oxygen atoms in total. The molecule has 0 unspecified atom stereocenters. The molecule has 14 heavy (non-hydrogen) atoms. The first kappa shape index (κ1) is 14.9. The van der Waals surface area contributed by atoms with Crippen molar-refractivity contribution in [3.8, 4) is 0 Å². The normalized spacial score (nSPS) is 7.50. The maximum Gasteiger partial charge on any atom is 0.335 e. The Balaban J connectivity index is 0. The molecular formula is C9H11ClO4. The molecule has 0 spiro atoms. The number of halogens is 1. The predicted octanol–water partition coefficient (Wildman–Crippen LogP) is 1.90. The average Bonchev–Trinajstić information content (AvgIpc) is 2.05. The summed E-state index contributed by atoms with van der Waals surface area (Å²) in [5, 5.41) is 15.8. The van der Waals surface area contributed by atoms with E-state index in [1.807, 2.05) is 0 Å². The molecule has 0 heterocycles. The summed E-state index contributed by atoms with van der Waals surface area (Å²) in [6, 6.07) is 8.30. The zero-order chi connectivity index (χ0) is 10.3. The van der Waals surface area contributed by atoms with Crippen LogP contribution >= 0.6 is 12.4 Å². The summed E-state index contributed by atoms with van der Waals surface area (Å²) >= 11 is 0. The smallest absolute Gasteiger partial charge is 0.335 e. The Morgan fingerprint density at radius 3 is 1.64 bits per heavy atom. The van der Waals surface area contributed by atoms with Gasteiger partial charge in [0.2, 0.25) is 0 Å². The Labute approximate surface area is 87.6 Å². The average molecular weight is 219 g/mol. The fourth-order valence-corrected chi connectivity index (χ4v) is 0.581. The molecule has 0 aliphatic heterocycles. The Morgan fingerprint density at radius 1 is 1.07 bits per heavy atom. The van der Waals surface area contributed by atoms with E-state index in [9.17, 15) is 4.79 Å². The highest BCUT2D eigenvalue weighted by Gasteiger charge is 1.96. The highest BCUT2D eigenvalue weighted by Crippen LogP contribution is 1.96. The standard InChI is InChI=1S/C7H6O2.C2H4O2.ClH/c8-7(9)6-4-2-1-3-5-6;1-2(3)4;/h1-5H,(H,8,9);1H3,(H,3,4);1H. The van der Waals surface area contributed by atoms with Crippen LogP contribution in [-0.2, 0) is 4.79 Å². The fraction of sp³-hybridized carbons (Fsp3) is 0.111. The molecular weight excluding hydrogens is 208 g/mol. The topological polar surface area (TPSA) is 74.6 Å². The summed E-state index contributed by atoms with van der Waals surface area (Å²) < 4.78 is 0. The molecule has 0 radical (unpaired) electrons. The second kappa shape index (κ2) is 8.07. The van der Waals surface area contributed by atoms with Gasteiger partial charge in [0, 0.05) is 6.92 Å². The van der Waals surface area contributed by atoms with Crippen molar-refractivity contribution in [2.45, 2.75) is 6.92 Å². The molecule has 1 aromatic rings. The second-order valence-electron chi connectivity index (χ2n) is 2.19. The zero-order valence-electron chi connectivity index (χ0n) is 7.51. The molecule has 1 rings (SSSR count). The van der Waals surface area contributed by atoms with E-state index in [2.05, 4.69) is 0 Å². The maximum absolute atomic E-state index is 10.2. The number of rotatable bonds is 1. The molecule has 0 bridgehead atoms. The molecule has 0 saturated heterocycles. The molecule has 0 aromatic heterocycles. The molecule has 0 atom stereocenters. The lowest BCUT2D eigenvalue weighted by atomic mass is 10.2. The van der Waals surface area contributed by atoms with Crippen LogP contribution in [0, 0.1) is 0 Å². The molecule has 0 fully saturated rings. The zero-order valence-corrected chi connectivity index (χ0v) is 8.32. The molecule has 78 valence electrons. The Hall–Kier alpha value is -1.55. The van der Waals surface area contributed by atoms with Gasteiger partial charge >= 0.3 is 5.97 Å². The number of hydrogen-bond acceptors (Lipinski definition) is 2. The van der Waals surface area contributed by atoms with E-state index in [0.717, 1.165) is 6.92 Å². The van der Waals surface area contributed by atoms with Crippen LogP contribution in [0.5, 0.6) is 0 Å². The molecule has 0 aliphatic carbocycles. The monoisotopic (exact) mass is 218 g/mol. The van der Waals surface area contributed by atoms with Crippen molar-refractivity contribution in [1.29, 1.82) is 0 Å². The first-order valence-electron chi connectivity index (χ1n) is 3.52. The Bertz CT molecular complexity index is 280. The van der Waals surface area contributed by atoms with Crippen molar-refractivity contribution in [1.82, 2.24) is 0 Å². The van der Waals surface area contributed by atoms with Gasteiger partial charge in [0.15, 0.2) is 0 Å². The van der Waals surface area contributed by atoms with Crippen molar-refractivity contribution in [3.05, 3.63) is 35.9 Å². The lowest BCUT2D eigenvalue weighted by molar-refractivity contribution is -0.134. The van der Waals surface area contributed by atoms with E-state index >= 15 is 0 Å². The number of hydrogen-bond donors (Lipinski definition) is 2. The van der Waals surface area contributed by atoms with Crippen molar-refractivity contribution in [2.24, 2.45) is 0 Å². The maximum atomic E-state index is 10.2. The van der Waals surface area contributed by atoms with Gasteiger partial charge in [0.25, 0.3) is 5.97 Å². The third-order valence-electron chi connectivity index (χ3n) is 1.02. The van der Waals surface area contributed by atoms with E-state index in [1.54, 1.807) is 30.3 Å². The van der Waals surface area contributed by atoms with E-state index in [0.29, 0.717) is 5.56 Å². The van der Waals surface area contributed by atoms with E-state index in [4.69, 9.17) is 15.0 Å². The highest BCUT2D eigenvalue weighted by molar-refractivity contribution is 5.87. The fourth-order valence-electron chi connectivity index (χ4n) is 0.581. The molecule has 5 heteroatoms. The first-order chi connectivity index (χ1) is 6.04. The molecule has 0 aliphatic rings. The van der Waals surface area contributed by atoms with Gasteiger partial charge in [-0.3, -0.25) is 4.79 Å². The first-order valence-corrected chi connectivity index (χ1v) is 3.52. The van der Waals surface area contributed by atoms with Crippen LogP contribution in [-0.4, -0.2) is 22.2 Å². The van der Waals surface area contributed by atoms with E-state index < -0.39 is 11.9 Å². The summed E-state index contributed by atoms with van der Waals surface area (Å²) in [6.45, 7) is 1.08. The lowest BCUT2D eigenvalue weighted by Crippen LogP contribution is -1.93. The number of carbonyl (C=O) groups is 2. The van der Waals surface area contributed by atoms with Gasteiger partial charge < -0.3 is 10.2 Å². The number of carboxylic acids is 2. The third-order valence-corrected chi connectivity index (χ3v) is 1.02. The minimum Gasteiger partial charge on any atom is -0.481 e. The van der Waals surface area contributed by atoms with Crippen LogP contribution in [0.1, 0.15) is 17.3 Å². The molecule has 0 amide bonds. The molecule has 2 N–H and O–H groups in total. The van der Waals surface area contributed by atoms with E-state index in [-0.39, 0.29) is 12.4 Å². The summed E-state index contributed by atoms with van der Waals surface area (Å²) in [4.78, 5) is 19.2. The van der Waals surface area contributed by atoms with Crippen molar-refractivity contribution < 1.29 is 19.8 Å². The van der Waals surface area contributed by atoms with Crippen molar-refractivity contribution >= 4 is 24.3 Å². The van der Waals surface area contributed by atoms with Crippen LogP contribution in [0.4, 0.5) is 0 Å².